The van der Waals surface area contributed by atoms with Crippen LogP contribution in [0.25, 0.3) is 10.8 Å². The molecule has 0 fully saturated rings. The first-order chi connectivity index (χ1) is 24.7. The Morgan fingerprint density at radius 1 is 0.673 bits per heavy atom. The van der Waals surface area contributed by atoms with Crippen molar-refractivity contribution in [3.63, 3.8) is 0 Å². The van der Waals surface area contributed by atoms with E-state index in [0.717, 1.165) is 21.9 Å². The number of ketones is 1. The number of carbonyl (C=O) groups is 7. The Balaban J connectivity index is 1.66. The number of hydrogen-bond acceptors (Lipinski definition) is 7. The van der Waals surface area contributed by atoms with Crippen molar-refractivity contribution in [1.82, 2.24) is 26.6 Å². The van der Waals surface area contributed by atoms with Crippen molar-refractivity contribution in [1.29, 1.82) is 0 Å². The lowest BCUT2D eigenvalue weighted by Gasteiger charge is -2.26. The number of benzene rings is 3. The van der Waals surface area contributed by atoms with Gasteiger partial charge in [-0.3, -0.25) is 33.6 Å². The second-order valence-corrected chi connectivity index (χ2v) is 13.5. The molecule has 0 saturated heterocycles. The van der Waals surface area contributed by atoms with Crippen molar-refractivity contribution in [2.75, 3.05) is 6.54 Å². The van der Waals surface area contributed by atoms with Gasteiger partial charge in [0.1, 0.15) is 18.1 Å². The van der Waals surface area contributed by atoms with Crippen LogP contribution in [0.1, 0.15) is 58.6 Å². The van der Waals surface area contributed by atoms with E-state index in [-0.39, 0.29) is 25.2 Å². The highest BCUT2D eigenvalue weighted by atomic mass is 16.2. The van der Waals surface area contributed by atoms with E-state index >= 15 is 0 Å². The van der Waals surface area contributed by atoms with Crippen LogP contribution in [0.4, 0.5) is 0 Å². The first-order valence-electron chi connectivity index (χ1n) is 17.5. The normalized spacial score (nSPS) is 13.9. The number of amides is 6. The van der Waals surface area contributed by atoms with Crippen molar-refractivity contribution in [3.05, 3.63) is 83.9 Å². The number of fused-ring (bicyclic) bond motifs is 1. The van der Waals surface area contributed by atoms with Crippen LogP contribution in [-0.4, -0.2) is 71.9 Å². The third-order valence-corrected chi connectivity index (χ3v) is 8.68. The second-order valence-electron chi connectivity index (χ2n) is 13.5. The monoisotopic (exact) mass is 714 g/mol. The van der Waals surface area contributed by atoms with Crippen molar-refractivity contribution < 1.29 is 33.6 Å². The van der Waals surface area contributed by atoms with Crippen molar-refractivity contribution in [2.24, 2.45) is 17.6 Å². The van der Waals surface area contributed by atoms with Crippen LogP contribution in [0.15, 0.2) is 72.8 Å². The van der Waals surface area contributed by atoms with Crippen LogP contribution in [-0.2, 0) is 46.4 Å². The lowest BCUT2D eigenvalue weighted by Crippen LogP contribution is -2.58. The van der Waals surface area contributed by atoms with Crippen LogP contribution in [0.3, 0.4) is 0 Å². The largest absolute Gasteiger partial charge is 0.368 e. The Hall–Kier alpha value is -5.59. The fraction of sp³-hybridized carbons (Fsp3) is 0.410. The van der Waals surface area contributed by atoms with E-state index in [2.05, 4.69) is 26.6 Å². The summed E-state index contributed by atoms with van der Waals surface area (Å²) in [6, 6.07) is 17.9. The SMILES string of the molecule is CC[C@H](C)C(NC(=O)CNC(=O)C(Cc1ccc2ccccc2c1)NC(C)=O)C(=O)C(=O)NC(CC(C)C)C(=O)NC(Cc1ccccc1)C(N)=O. The fourth-order valence-corrected chi connectivity index (χ4v) is 5.69. The average Bonchev–Trinajstić information content (AvgIpc) is 3.11. The third kappa shape index (κ3) is 12.6. The van der Waals surface area contributed by atoms with E-state index in [1.165, 1.54) is 6.92 Å². The van der Waals surface area contributed by atoms with Gasteiger partial charge in [0.2, 0.25) is 35.3 Å². The molecular formula is C39H50N6O7. The van der Waals surface area contributed by atoms with Gasteiger partial charge in [0, 0.05) is 19.8 Å². The summed E-state index contributed by atoms with van der Waals surface area (Å²) in [5.74, 6) is -5.83. The Morgan fingerprint density at radius 3 is 1.92 bits per heavy atom. The summed E-state index contributed by atoms with van der Waals surface area (Å²) >= 11 is 0. The maximum absolute atomic E-state index is 13.5. The molecule has 3 aromatic rings. The second kappa shape index (κ2) is 19.7. The molecule has 0 aromatic heterocycles. The number of Topliss-reactive ketones (excluding diaryl/α,β-unsaturated/α-hetero) is 1. The predicted molar refractivity (Wildman–Crippen MR) is 197 cm³/mol. The molecule has 0 bridgehead atoms. The summed E-state index contributed by atoms with van der Waals surface area (Å²) in [6.07, 6.45) is 0.880. The highest BCUT2D eigenvalue weighted by Gasteiger charge is 2.34. The van der Waals surface area contributed by atoms with Crippen LogP contribution in [0.5, 0.6) is 0 Å². The maximum Gasteiger partial charge on any atom is 0.290 e. The van der Waals surface area contributed by atoms with Gasteiger partial charge in [0.05, 0.1) is 12.6 Å². The Morgan fingerprint density at radius 2 is 1.31 bits per heavy atom. The molecule has 6 amide bonds. The molecule has 278 valence electrons. The molecule has 0 aliphatic rings. The molecule has 0 saturated carbocycles. The first-order valence-corrected chi connectivity index (χ1v) is 17.5. The quantitative estimate of drug-likeness (QED) is 0.102. The third-order valence-electron chi connectivity index (χ3n) is 8.68. The molecule has 0 aliphatic heterocycles. The van der Waals surface area contributed by atoms with Gasteiger partial charge in [-0.05, 0) is 40.2 Å². The average molecular weight is 715 g/mol. The minimum absolute atomic E-state index is 0.0801. The number of hydrogen-bond donors (Lipinski definition) is 6. The van der Waals surface area contributed by atoms with Gasteiger partial charge in [-0.2, -0.15) is 0 Å². The van der Waals surface area contributed by atoms with Gasteiger partial charge in [-0.1, -0.05) is 107 Å². The van der Waals surface area contributed by atoms with Crippen LogP contribution in [0, 0.1) is 11.8 Å². The molecule has 13 heteroatoms. The van der Waals surface area contributed by atoms with E-state index < -0.39 is 77.9 Å². The molecule has 52 heavy (non-hydrogen) atoms. The zero-order valence-electron chi connectivity index (χ0n) is 30.4. The summed E-state index contributed by atoms with van der Waals surface area (Å²) in [4.78, 5) is 90.5. The Kier molecular flexibility index (Phi) is 15.5. The molecule has 0 aliphatic carbocycles. The zero-order valence-corrected chi connectivity index (χ0v) is 30.4. The standard InChI is InChI=1S/C39H50N6O7/c1-6-24(4)34(35(48)39(52)44-31(18-23(2)3)38(51)43-30(36(40)49)20-26-12-8-7-9-13-26)45-33(47)22-41-37(50)32(42-25(5)46)21-27-16-17-28-14-10-11-15-29(28)19-27/h7-17,19,23-24,30-32,34H,6,18,20-22H2,1-5H3,(H2,40,49)(H,41,50)(H,42,46)(H,43,51)(H,44,52)(H,45,47)/t24-,30?,31?,32?,34?/m0/s1. The van der Waals surface area contributed by atoms with Crippen LogP contribution >= 0.6 is 0 Å². The lowest BCUT2D eigenvalue weighted by molar-refractivity contribution is -0.142. The lowest BCUT2D eigenvalue weighted by atomic mass is 9.94. The van der Waals surface area contributed by atoms with Crippen LogP contribution in [0.2, 0.25) is 0 Å². The minimum Gasteiger partial charge on any atom is -0.368 e. The summed E-state index contributed by atoms with van der Waals surface area (Å²) in [5.41, 5.74) is 7.14. The van der Waals surface area contributed by atoms with Crippen molar-refractivity contribution in [3.8, 4) is 0 Å². The van der Waals surface area contributed by atoms with Gasteiger partial charge in [0.25, 0.3) is 5.91 Å². The predicted octanol–water partition coefficient (Wildman–Crippen LogP) is 1.85. The molecule has 3 rings (SSSR count). The van der Waals surface area contributed by atoms with E-state index in [1.54, 1.807) is 38.1 Å². The molecule has 4 unspecified atom stereocenters. The number of primary amides is 1. The van der Waals surface area contributed by atoms with Gasteiger partial charge in [-0.25, -0.2) is 0 Å². The summed E-state index contributed by atoms with van der Waals surface area (Å²) in [5, 5.41) is 14.8. The summed E-state index contributed by atoms with van der Waals surface area (Å²) in [7, 11) is 0. The van der Waals surface area contributed by atoms with Gasteiger partial charge in [0.15, 0.2) is 0 Å². The zero-order chi connectivity index (χ0) is 38.4. The number of rotatable bonds is 19. The molecule has 0 radical (unpaired) electrons. The van der Waals surface area contributed by atoms with Crippen LogP contribution < -0.4 is 32.3 Å². The molecule has 7 N–H and O–H groups in total. The fourth-order valence-electron chi connectivity index (χ4n) is 5.69. The summed E-state index contributed by atoms with van der Waals surface area (Å²) in [6.45, 7) is 7.90. The maximum atomic E-state index is 13.5. The van der Waals surface area contributed by atoms with Gasteiger partial charge in [-0.15, -0.1) is 0 Å². The highest BCUT2D eigenvalue weighted by molar-refractivity contribution is 6.39. The number of nitrogens with one attached hydrogen (secondary N) is 5. The Bertz CT molecular complexity index is 1750. The number of nitrogens with two attached hydrogens (primary N) is 1. The smallest absolute Gasteiger partial charge is 0.290 e. The van der Waals surface area contributed by atoms with E-state index in [9.17, 15) is 33.6 Å². The number of carbonyl (C=O) groups excluding carboxylic acids is 7. The van der Waals surface area contributed by atoms with E-state index in [1.807, 2.05) is 62.4 Å². The van der Waals surface area contributed by atoms with Crippen molar-refractivity contribution >= 4 is 52.0 Å². The molecule has 5 atom stereocenters. The molecule has 0 heterocycles. The van der Waals surface area contributed by atoms with Gasteiger partial charge < -0.3 is 32.3 Å². The molecule has 13 nitrogen and oxygen atoms in total. The minimum atomic E-state index is -1.27. The van der Waals surface area contributed by atoms with E-state index in [0.29, 0.717) is 6.42 Å². The van der Waals surface area contributed by atoms with E-state index in [4.69, 9.17) is 5.73 Å². The molecular weight excluding hydrogens is 664 g/mol. The Labute approximate surface area is 304 Å². The molecule has 0 spiro atoms. The summed E-state index contributed by atoms with van der Waals surface area (Å²) < 4.78 is 0. The highest BCUT2D eigenvalue weighted by Crippen LogP contribution is 2.17. The molecule has 3 aromatic carbocycles. The van der Waals surface area contributed by atoms with Gasteiger partial charge >= 0.3 is 0 Å². The first kappa shape index (κ1) is 40.8. The topological polar surface area (TPSA) is 206 Å². The van der Waals surface area contributed by atoms with Crippen molar-refractivity contribution in [2.45, 2.75) is 84.5 Å².